The van der Waals surface area contributed by atoms with Gasteiger partial charge in [-0.05, 0) is 70.2 Å². The maximum Gasteiger partial charge on any atom is 0.327 e. The van der Waals surface area contributed by atoms with E-state index in [2.05, 4.69) is 25.6 Å². The third-order valence-corrected chi connectivity index (χ3v) is 10.3. The van der Waals surface area contributed by atoms with Crippen LogP contribution >= 0.6 is 22.9 Å². The highest BCUT2D eigenvalue weighted by Gasteiger charge is 2.30. The summed E-state index contributed by atoms with van der Waals surface area (Å²) < 4.78 is 34.0. The van der Waals surface area contributed by atoms with E-state index in [0.29, 0.717) is 34.5 Å². The van der Waals surface area contributed by atoms with Crippen LogP contribution < -0.4 is 15.4 Å². The molecule has 2 aromatic carbocycles. The van der Waals surface area contributed by atoms with Gasteiger partial charge in [0.2, 0.25) is 0 Å². The van der Waals surface area contributed by atoms with Crippen molar-refractivity contribution in [2.75, 3.05) is 32.6 Å². The third kappa shape index (κ3) is 5.55. The van der Waals surface area contributed by atoms with Crippen molar-refractivity contribution in [2.24, 2.45) is 0 Å². The predicted molar refractivity (Wildman–Crippen MR) is 154 cm³/mol. The standard InChI is InChI=1S/C26H27ClN6O5S2/c1-15-6-9-28-33(15)21-13-18(19(27)14-22(21)38-3)24(34)30-25(35)31-26-29-20-5-4-17(12-23(20)39-26)40(36,37)16-7-10-32(2)11-8-16/h4-6,9,12-14,16H,7-8,10-11H2,1-3H3,(H2,29,30,31,34,35). The van der Waals surface area contributed by atoms with Crippen LogP contribution in [0.5, 0.6) is 5.75 Å². The molecule has 0 spiro atoms. The highest BCUT2D eigenvalue weighted by molar-refractivity contribution is 7.92. The second kappa shape index (κ2) is 11.2. The number of likely N-dealkylation sites (tertiary alicyclic amines) is 1. The number of piperidine rings is 1. The number of anilines is 1. The molecular weight excluding hydrogens is 576 g/mol. The molecule has 4 aromatic rings. The number of benzene rings is 2. The van der Waals surface area contributed by atoms with Crippen LogP contribution in [-0.4, -0.2) is 72.5 Å². The van der Waals surface area contributed by atoms with Gasteiger partial charge < -0.3 is 9.64 Å². The fourth-order valence-corrected chi connectivity index (χ4v) is 7.56. The van der Waals surface area contributed by atoms with Gasteiger partial charge in [-0.2, -0.15) is 5.10 Å². The van der Waals surface area contributed by atoms with Crippen molar-refractivity contribution in [2.45, 2.75) is 29.9 Å². The topological polar surface area (TPSA) is 136 Å². The van der Waals surface area contributed by atoms with Gasteiger partial charge in [0.25, 0.3) is 5.91 Å². The van der Waals surface area contributed by atoms with E-state index in [1.54, 1.807) is 35.1 Å². The first-order valence-electron chi connectivity index (χ1n) is 12.4. The second-order valence-electron chi connectivity index (χ2n) is 9.49. The maximum absolute atomic E-state index is 13.2. The number of hydrogen-bond donors (Lipinski definition) is 2. The number of amides is 3. The van der Waals surface area contributed by atoms with Gasteiger partial charge in [0.15, 0.2) is 15.0 Å². The number of ether oxygens (including phenoxy) is 1. The number of nitrogens with one attached hydrogen (secondary N) is 2. The number of aryl methyl sites for hydroxylation is 1. The largest absolute Gasteiger partial charge is 0.494 e. The number of urea groups is 1. The number of nitrogens with zero attached hydrogens (tertiary/aromatic N) is 4. The summed E-state index contributed by atoms with van der Waals surface area (Å²) in [6.07, 6.45) is 2.78. The molecule has 40 heavy (non-hydrogen) atoms. The van der Waals surface area contributed by atoms with Crippen LogP contribution in [0.4, 0.5) is 9.93 Å². The van der Waals surface area contributed by atoms with E-state index < -0.39 is 27.0 Å². The van der Waals surface area contributed by atoms with E-state index in [-0.39, 0.29) is 20.6 Å². The number of hydrogen-bond acceptors (Lipinski definition) is 9. The van der Waals surface area contributed by atoms with Crippen LogP contribution in [0.3, 0.4) is 0 Å². The monoisotopic (exact) mass is 602 g/mol. The van der Waals surface area contributed by atoms with Crippen LogP contribution in [0.2, 0.25) is 5.02 Å². The molecule has 14 heteroatoms. The lowest BCUT2D eigenvalue weighted by Crippen LogP contribution is -2.37. The van der Waals surface area contributed by atoms with Crippen molar-refractivity contribution in [3.63, 3.8) is 0 Å². The Hall–Kier alpha value is -3.52. The van der Waals surface area contributed by atoms with Gasteiger partial charge in [-0.1, -0.05) is 22.9 Å². The summed E-state index contributed by atoms with van der Waals surface area (Å²) in [5.41, 5.74) is 1.88. The second-order valence-corrected chi connectivity index (χ2v) is 13.2. The lowest BCUT2D eigenvalue weighted by molar-refractivity contribution is 0.0967. The molecule has 0 unspecified atom stereocenters. The van der Waals surface area contributed by atoms with Crippen LogP contribution in [0, 0.1) is 6.92 Å². The number of carbonyl (C=O) groups is 2. The average molecular weight is 603 g/mol. The zero-order chi connectivity index (χ0) is 28.6. The van der Waals surface area contributed by atoms with E-state index >= 15 is 0 Å². The fourth-order valence-electron chi connectivity index (χ4n) is 4.59. The SMILES string of the molecule is COc1cc(Cl)c(C(=O)NC(=O)Nc2nc3ccc(S(=O)(=O)C4CCN(C)CC4)cc3s2)cc1-n1nccc1C. The van der Waals surface area contributed by atoms with Crippen molar-refractivity contribution in [1.82, 2.24) is 25.0 Å². The molecule has 2 N–H and O–H groups in total. The molecule has 1 aliphatic heterocycles. The van der Waals surface area contributed by atoms with E-state index in [4.69, 9.17) is 16.3 Å². The lowest BCUT2D eigenvalue weighted by Gasteiger charge is -2.28. The zero-order valence-electron chi connectivity index (χ0n) is 22.0. The Labute approximate surface area is 240 Å². The molecule has 5 rings (SSSR count). The molecule has 1 saturated heterocycles. The number of halogens is 1. The van der Waals surface area contributed by atoms with Crippen LogP contribution in [0.15, 0.2) is 47.5 Å². The Morgan fingerprint density at radius 3 is 2.58 bits per heavy atom. The average Bonchev–Trinajstić information content (AvgIpc) is 3.53. The summed E-state index contributed by atoms with van der Waals surface area (Å²) >= 11 is 7.44. The molecule has 0 saturated carbocycles. The summed E-state index contributed by atoms with van der Waals surface area (Å²) in [4.78, 5) is 32.3. The van der Waals surface area contributed by atoms with E-state index in [0.717, 1.165) is 30.1 Å². The lowest BCUT2D eigenvalue weighted by atomic mass is 10.1. The molecule has 3 amide bonds. The van der Waals surface area contributed by atoms with Crippen molar-refractivity contribution in [3.8, 4) is 11.4 Å². The van der Waals surface area contributed by atoms with Gasteiger partial charge in [-0.3, -0.25) is 15.4 Å². The van der Waals surface area contributed by atoms with Gasteiger partial charge in [0.1, 0.15) is 11.4 Å². The Morgan fingerprint density at radius 2 is 1.90 bits per heavy atom. The first-order chi connectivity index (χ1) is 19.1. The number of rotatable bonds is 6. The maximum atomic E-state index is 13.2. The molecule has 210 valence electrons. The van der Waals surface area contributed by atoms with Gasteiger partial charge in [0.05, 0.1) is 38.1 Å². The smallest absolute Gasteiger partial charge is 0.327 e. The molecule has 1 aliphatic rings. The summed E-state index contributed by atoms with van der Waals surface area (Å²) in [6, 6.07) is 8.72. The van der Waals surface area contributed by atoms with Gasteiger partial charge >= 0.3 is 6.03 Å². The summed E-state index contributed by atoms with van der Waals surface area (Å²) in [5.74, 6) is -0.326. The zero-order valence-corrected chi connectivity index (χ0v) is 24.4. The molecule has 0 aliphatic carbocycles. The van der Waals surface area contributed by atoms with Crippen LogP contribution in [0.1, 0.15) is 28.9 Å². The van der Waals surface area contributed by atoms with Crippen molar-refractivity contribution in [3.05, 3.63) is 58.9 Å². The van der Waals surface area contributed by atoms with E-state index in [1.165, 1.54) is 19.2 Å². The van der Waals surface area contributed by atoms with Gasteiger partial charge in [-0.15, -0.1) is 0 Å². The number of carbonyl (C=O) groups excluding carboxylic acids is 2. The van der Waals surface area contributed by atoms with Crippen molar-refractivity contribution in [1.29, 1.82) is 0 Å². The van der Waals surface area contributed by atoms with Crippen LogP contribution in [0.25, 0.3) is 15.9 Å². The molecule has 11 nitrogen and oxygen atoms in total. The Kier molecular flexibility index (Phi) is 7.82. The summed E-state index contributed by atoms with van der Waals surface area (Å²) in [7, 11) is -0.0288. The minimum absolute atomic E-state index is 0.0515. The number of fused-ring (bicyclic) bond motifs is 1. The van der Waals surface area contributed by atoms with Gasteiger partial charge in [-0.25, -0.2) is 22.9 Å². The first-order valence-corrected chi connectivity index (χ1v) is 15.1. The van der Waals surface area contributed by atoms with Gasteiger partial charge in [0, 0.05) is 18.0 Å². The Bertz CT molecular complexity index is 1710. The van der Waals surface area contributed by atoms with E-state index in [9.17, 15) is 18.0 Å². The summed E-state index contributed by atoms with van der Waals surface area (Å²) in [6.45, 7) is 3.32. The minimum atomic E-state index is -3.49. The van der Waals surface area contributed by atoms with Crippen molar-refractivity contribution >= 4 is 60.1 Å². The number of imide groups is 1. The molecule has 0 radical (unpaired) electrons. The highest BCUT2D eigenvalue weighted by Crippen LogP contribution is 2.32. The molecule has 0 atom stereocenters. The molecule has 0 bridgehead atoms. The third-order valence-electron chi connectivity index (χ3n) is 6.81. The molecular formula is C26H27ClN6O5S2. The number of thiazole rings is 1. The number of sulfone groups is 1. The Morgan fingerprint density at radius 1 is 1.15 bits per heavy atom. The predicted octanol–water partition coefficient (Wildman–Crippen LogP) is 4.28. The number of methoxy groups -OCH3 is 1. The first kappa shape index (κ1) is 28.0. The molecule has 2 aromatic heterocycles. The highest BCUT2D eigenvalue weighted by atomic mass is 35.5. The minimum Gasteiger partial charge on any atom is -0.494 e. The van der Waals surface area contributed by atoms with Crippen molar-refractivity contribution < 1.29 is 22.7 Å². The normalized spacial score (nSPS) is 14.8. The molecule has 1 fully saturated rings. The fraction of sp³-hybridized carbons (Fsp3) is 0.308. The Balaban J connectivity index is 1.31. The summed E-state index contributed by atoms with van der Waals surface area (Å²) in [5, 5.41) is 8.93. The van der Waals surface area contributed by atoms with Crippen LogP contribution in [-0.2, 0) is 9.84 Å². The number of aromatic nitrogens is 3. The molecule has 3 heterocycles. The van der Waals surface area contributed by atoms with E-state index in [1.807, 2.05) is 14.0 Å². The quantitative estimate of drug-likeness (QED) is 0.334.